The minimum Gasteiger partial charge on any atom is -0.375 e. The Balaban J connectivity index is 1.80. The van der Waals surface area contributed by atoms with Crippen LogP contribution in [0.15, 0.2) is 47.4 Å². The first kappa shape index (κ1) is 17.0. The molecule has 1 heterocycles. The van der Waals surface area contributed by atoms with Crippen LogP contribution in [0, 0.1) is 5.82 Å². The summed E-state index contributed by atoms with van der Waals surface area (Å²) in [6, 6.07) is 7.44. The zero-order valence-corrected chi connectivity index (χ0v) is 13.6. The van der Waals surface area contributed by atoms with Gasteiger partial charge in [-0.1, -0.05) is 23.5 Å². The lowest BCUT2D eigenvalue weighted by atomic mass is 10.1. The van der Waals surface area contributed by atoms with Gasteiger partial charge in [0.1, 0.15) is 11.9 Å². The second-order valence-electron chi connectivity index (χ2n) is 4.93. The lowest BCUT2D eigenvalue weighted by molar-refractivity contribution is -0.152. The van der Waals surface area contributed by atoms with Gasteiger partial charge in [-0.05, 0) is 47.8 Å². The van der Waals surface area contributed by atoms with Crippen LogP contribution in [0.2, 0.25) is 0 Å². The normalized spacial score (nSPS) is 13.3. The van der Waals surface area contributed by atoms with Crippen molar-refractivity contribution in [2.75, 3.05) is 5.73 Å². The molecule has 1 unspecified atom stereocenters. The van der Waals surface area contributed by atoms with Crippen LogP contribution in [0.25, 0.3) is 10.2 Å². The van der Waals surface area contributed by atoms with Crippen LogP contribution in [-0.4, -0.2) is 11.2 Å². The number of hydrogen-bond acceptors (Lipinski definition) is 5. The second kappa shape index (κ2) is 6.58. The van der Waals surface area contributed by atoms with Crippen molar-refractivity contribution < 1.29 is 17.6 Å². The molecular formula is C15H11F4N3S2. The van der Waals surface area contributed by atoms with Crippen molar-refractivity contribution in [2.24, 2.45) is 0 Å². The quantitative estimate of drug-likeness (QED) is 0.504. The summed E-state index contributed by atoms with van der Waals surface area (Å²) < 4.78 is 56.0. The molecule has 0 spiro atoms. The molecule has 24 heavy (non-hydrogen) atoms. The van der Waals surface area contributed by atoms with E-state index < -0.39 is 18.0 Å². The SMILES string of the molecule is Nc1nc2cc(SNC(c3ccc(F)cc3)C(F)(F)F)ccc2s1. The van der Waals surface area contributed by atoms with Crippen LogP contribution in [0.4, 0.5) is 22.7 Å². The smallest absolute Gasteiger partial charge is 0.375 e. The van der Waals surface area contributed by atoms with Gasteiger partial charge in [-0.2, -0.15) is 13.2 Å². The fraction of sp³-hybridized carbons (Fsp3) is 0.133. The summed E-state index contributed by atoms with van der Waals surface area (Å²) in [5.41, 5.74) is 6.19. The molecule has 1 aromatic heterocycles. The van der Waals surface area contributed by atoms with Gasteiger partial charge in [0.15, 0.2) is 5.13 Å². The van der Waals surface area contributed by atoms with Gasteiger partial charge in [0.05, 0.1) is 10.2 Å². The fourth-order valence-corrected chi connectivity index (χ4v) is 3.64. The van der Waals surface area contributed by atoms with Crippen LogP contribution < -0.4 is 10.5 Å². The van der Waals surface area contributed by atoms with Gasteiger partial charge in [0.2, 0.25) is 0 Å². The molecule has 0 saturated carbocycles. The maximum absolute atomic E-state index is 13.3. The highest BCUT2D eigenvalue weighted by Crippen LogP contribution is 2.36. The maximum Gasteiger partial charge on any atom is 0.408 e. The number of anilines is 1. The zero-order valence-electron chi connectivity index (χ0n) is 12.0. The second-order valence-corrected chi connectivity index (χ2v) is 6.90. The standard InChI is InChI=1S/C15H11F4N3S2/c16-9-3-1-8(2-4-9)13(15(17,18)19)22-24-10-5-6-12-11(7-10)21-14(20)23-12/h1-7,13,22H,(H2,20,21). The predicted octanol–water partition coefficient (Wildman–Crippen LogP) is 4.92. The number of rotatable bonds is 4. The van der Waals surface area contributed by atoms with E-state index in [2.05, 4.69) is 9.71 Å². The molecule has 3 rings (SSSR count). The number of alkyl halides is 3. The minimum absolute atomic E-state index is 0.0598. The van der Waals surface area contributed by atoms with Crippen LogP contribution in [-0.2, 0) is 0 Å². The molecule has 0 bridgehead atoms. The molecule has 126 valence electrons. The summed E-state index contributed by atoms with van der Waals surface area (Å²) in [6.07, 6.45) is -4.51. The van der Waals surface area contributed by atoms with Gasteiger partial charge in [-0.25, -0.2) is 14.1 Å². The Kier molecular flexibility index (Phi) is 4.66. The third-order valence-corrected chi connectivity index (χ3v) is 4.91. The van der Waals surface area contributed by atoms with Gasteiger partial charge in [0, 0.05) is 4.90 Å². The van der Waals surface area contributed by atoms with Crippen molar-refractivity contribution >= 4 is 38.6 Å². The number of aromatic nitrogens is 1. The van der Waals surface area contributed by atoms with Gasteiger partial charge in [-0.15, -0.1) is 0 Å². The van der Waals surface area contributed by atoms with E-state index >= 15 is 0 Å². The summed E-state index contributed by atoms with van der Waals surface area (Å²) in [5.74, 6) is -0.584. The number of nitrogen functional groups attached to an aromatic ring is 1. The largest absolute Gasteiger partial charge is 0.408 e. The Morgan fingerprint density at radius 2 is 1.83 bits per heavy atom. The van der Waals surface area contributed by atoms with Crippen molar-refractivity contribution in [3.63, 3.8) is 0 Å². The highest BCUT2D eigenvalue weighted by molar-refractivity contribution is 7.97. The number of nitrogens with two attached hydrogens (primary N) is 1. The number of fused-ring (bicyclic) bond motifs is 1. The lowest BCUT2D eigenvalue weighted by Crippen LogP contribution is -2.30. The van der Waals surface area contributed by atoms with E-state index in [1.807, 2.05) is 0 Å². The van der Waals surface area contributed by atoms with E-state index in [4.69, 9.17) is 5.73 Å². The molecule has 0 amide bonds. The Labute approximate surface area is 143 Å². The van der Waals surface area contributed by atoms with Crippen molar-refractivity contribution in [2.45, 2.75) is 17.1 Å². The molecular weight excluding hydrogens is 362 g/mol. The number of halogens is 4. The monoisotopic (exact) mass is 373 g/mol. The summed E-state index contributed by atoms with van der Waals surface area (Å²) in [4.78, 5) is 4.68. The third-order valence-electron chi connectivity index (χ3n) is 3.20. The number of thiazole rings is 1. The van der Waals surface area contributed by atoms with Crippen molar-refractivity contribution in [1.29, 1.82) is 0 Å². The fourth-order valence-electron chi connectivity index (χ4n) is 2.09. The highest BCUT2D eigenvalue weighted by Gasteiger charge is 2.40. The first-order valence-electron chi connectivity index (χ1n) is 6.73. The van der Waals surface area contributed by atoms with Crippen LogP contribution in [0.5, 0.6) is 0 Å². The van der Waals surface area contributed by atoms with E-state index in [1.165, 1.54) is 11.3 Å². The molecule has 0 fully saturated rings. The van der Waals surface area contributed by atoms with Crippen LogP contribution in [0.1, 0.15) is 11.6 Å². The van der Waals surface area contributed by atoms with Gasteiger partial charge in [-0.3, -0.25) is 0 Å². The van der Waals surface area contributed by atoms with E-state index in [0.29, 0.717) is 15.5 Å². The average Bonchev–Trinajstić information content (AvgIpc) is 2.87. The van der Waals surface area contributed by atoms with Crippen LogP contribution in [0.3, 0.4) is 0 Å². The van der Waals surface area contributed by atoms with E-state index in [-0.39, 0.29) is 5.56 Å². The molecule has 0 aliphatic rings. The van der Waals surface area contributed by atoms with Crippen LogP contribution >= 0.6 is 23.3 Å². The molecule has 3 N–H and O–H groups in total. The predicted molar refractivity (Wildman–Crippen MR) is 88.2 cm³/mol. The molecule has 0 saturated heterocycles. The number of hydrogen-bond donors (Lipinski definition) is 2. The topological polar surface area (TPSA) is 50.9 Å². The molecule has 1 atom stereocenters. The van der Waals surface area contributed by atoms with E-state index in [1.54, 1.807) is 18.2 Å². The first-order valence-corrected chi connectivity index (χ1v) is 8.37. The van der Waals surface area contributed by atoms with Gasteiger partial charge in [0.25, 0.3) is 0 Å². The summed E-state index contributed by atoms with van der Waals surface area (Å²) in [7, 11) is 0. The summed E-state index contributed by atoms with van der Waals surface area (Å²) in [5, 5.41) is 0.402. The Hall–Kier alpha value is -1.84. The van der Waals surface area contributed by atoms with E-state index in [0.717, 1.165) is 40.9 Å². The first-order chi connectivity index (χ1) is 11.3. The minimum atomic E-state index is -4.51. The summed E-state index contributed by atoms with van der Waals surface area (Å²) in [6.45, 7) is 0. The van der Waals surface area contributed by atoms with Gasteiger partial charge >= 0.3 is 6.18 Å². The number of nitrogens with one attached hydrogen (secondary N) is 1. The molecule has 2 aromatic carbocycles. The Morgan fingerprint density at radius 3 is 2.50 bits per heavy atom. The Morgan fingerprint density at radius 1 is 1.12 bits per heavy atom. The van der Waals surface area contributed by atoms with Crippen molar-refractivity contribution in [3.05, 3.63) is 53.8 Å². The Bertz CT molecular complexity index is 846. The maximum atomic E-state index is 13.3. The van der Waals surface area contributed by atoms with Crippen molar-refractivity contribution in [3.8, 4) is 0 Å². The average molecular weight is 373 g/mol. The molecule has 3 nitrogen and oxygen atoms in total. The van der Waals surface area contributed by atoms with Gasteiger partial charge < -0.3 is 5.73 Å². The molecule has 9 heteroatoms. The highest BCUT2D eigenvalue weighted by atomic mass is 32.2. The number of benzene rings is 2. The van der Waals surface area contributed by atoms with E-state index in [9.17, 15) is 17.6 Å². The number of nitrogens with zero attached hydrogens (tertiary/aromatic N) is 1. The lowest BCUT2D eigenvalue weighted by Gasteiger charge is -2.21. The zero-order chi connectivity index (χ0) is 17.3. The van der Waals surface area contributed by atoms with Crippen molar-refractivity contribution in [1.82, 2.24) is 9.71 Å². The summed E-state index contributed by atoms with van der Waals surface area (Å²) >= 11 is 2.15. The molecule has 3 aromatic rings. The molecule has 0 aliphatic carbocycles. The third kappa shape index (κ3) is 3.80. The molecule has 0 aliphatic heterocycles. The molecule has 0 radical (unpaired) electrons.